The summed E-state index contributed by atoms with van der Waals surface area (Å²) in [7, 11) is 0. The summed E-state index contributed by atoms with van der Waals surface area (Å²) >= 11 is 0. The Kier molecular flexibility index (Phi) is 4.15. The average molecular weight is 266 g/mol. The van der Waals surface area contributed by atoms with Crippen LogP contribution in [0.1, 0.15) is 31.8 Å². The van der Waals surface area contributed by atoms with E-state index in [9.17, 15) is 9.59 Å². The Labute approximate surface area is 117 Å². The zero-order chi connectivity index (χ0) is 14.5. The summed E-state index contributed by atoms with van der Waals surface area (Å²) in [5.41, 5.74) is 2.93. The third-order valence-corrected chi connectivity index (χ3v) is 2.83. The number of rotatable bonds is 2. The molecule has 20 heavy (non-hydrogen) atoms. The van der Waals surface area contributed by atoms with Gasteiger partial charge in [0.2, 0.25) is 0 Å². The number of aryl methyl sites for hydroxylation is 2. The number of hydrogen-bond acceptors (Lipinski definition) is 2. The number of hydrogen-bond donors (Lipinski definition) is 0. The zero-order valence-electron chi connectivity index (χ0n) is 11.3. The van der Waals surface area contributed by atoms with Gasteiger partial charge in [-0.1, -0.05) is 35.4 Å². The monoisotopic (exact) mass is 266 g/mol. The summed E-state index contributed by atoms with van der Waals surface area (Å²) in [6.07, 6.45) is 0. The van der Waals surface area contributed by atoms with Crippen molar-refractivity contribution >= 4 is 11.8 Å². The van der Waals surface area contributed by atoms with E-state index in [1.807, 2.05) is 38.1 Å². The molecule has 0 spiro atoms. The van der Waals surface area contributed by atoms with Crippen LogP contribution >= 0.6 is 0 Å². The Bertz CT molecular complexity index is 596. The molecule has 0 unspecified atom stereocenters. The second-order valence-electron chi connectivity index (χ2n) is 4.54. The van der Waals surface area contributed by atoms with Crippen LogP contribution in [-0.2, 0) is 0 Å². The number of benzene rings is 2. The van der Waals surface area contributed by atoms with Crippen molar-refractivity contribution in [2.75, 3.05) is 0 Å². The van der Waals surface area contributed by atoms with Crippen molar-refractivity contribution in [1.29, 1.82) is 0 Å². The van der Waals surface area contributed by atoms with Gasteiger partial charge in [-0.3, -0.25) is 9.59 Å². The summed E-state index contributed by atoms with van der Waals surface area (Å²) in [6, 6.07) is 13.9. The summed E-state index contributed by atoms with van der Waals surface area (Å²) in [5, 5.41) is 6.92. The highest BCUT2D eigenvalue weighted by Crippen LogP contribution is 2.07. The van der Waals surface area contributed by atoms with Gasteiger partial charge < -0.3 is 0 Å². The normalized spacial score (nSPS) is 10.7. The van der Waals surface area contributed by atoms with Crippen molar-refractivity contribution in [3.05, 3.63) is 70.8 Å². The van der Waals surface area contributed by atoms with E-state index in [1.54, 1.807) is 24.3 Å². The Morgan fingerprint density at radius 1 is 0.650 bits per heavy atom. The van der Waals surface area contributed by atoms with Crippen molar-refractivity contribution in [1.82, 2.24) is 0 Å². The van der Waals surface area contributed by atoms with Gasteiger partial charge in [0, 0.05) is 11.1 Å². The predicted molar refractivity (Wildman–Crippen MR) is 75.9 cm³/mol. The first-order valence-corrected chi connectivity index (χ1v) is 6.20. The molecule has 0 atom stereocenters. The van der Waals surface area contributed by atoms with Crippen molar-refractivity contribution in [3.63, 3.8) is 0 Å². The fourth-order valence-electron chi connectivity index (χ4n) is 1.60. The molecule has 0 aromatic heterocycles. The van der Waals surface area contributed by atoms with Gasteiger partial charge in [-0.05, 0) is 38.1 Å². The minimum Gasteiger partial charge on any atom is -0.265 e. The Hall–Kier alpha value is -2.62. The lowest BCUT2D eigenvalue weighted by Gasteiger charge is -1.96. The highest BCUT2D eigenvalue weighted by atomic mass is 16.2. The van der Waals surface area contributed by atoms with Crippen molar-refractivity contribution < 1.29 is 9.59 Å². The highest BCUT2D eigenvalue weighted by Gasteiger charge is 2.07. The minimum absolute atomic E-state index is 0.413. The van der Waals surface area contributed by atoms with Gasteiger partial charge >= 0.3 is 0 Å². The fourth-order valence-corrected chi connectivity index (χ4v) is 1.60. The Balaban J connectivity index is 2.09. The van der Waals surface area contributed by atoms with Gasteiger partial charge in [0.25, 0.3) is 11.8 Å². The minimum atomic E-state index is -0.523. The Morgan fingerprint density at radius 2 is 0.950 bits per heavy atom. The summed E-state index contributed by atoms with van der Waals surface area (Å²) in [4.78, 5) is 23.5. The maximum absolute atomic E-state index is 11.7. The molecule has 0 heterocycles. The van der Waals surface area contributed by atoms with Crippen LogP contribution in [0.25, 0.3) is 0 Å². The van der Waals surface area contributed by atoms with E-state index in [2.05, 4.69) is 10.2 Å². The topological polar surface area (TPSA) is 58.9 Å². The summed E-state index contributed by atoms with van der Waals surface area (Å²) < 4.78 is 0. The lowest BCUT2D eigenvalue weighted by Crippen LogP contribution is -1.98. The number of carbonyl (C=O) groups excluding carboxylic acids is 2. The molecule has 0 N–H and O–H groups in total. The molecule has 2 aromatic carbocycles. The van der Waals surface area contributed by atoms with Gasteiger partial charge in [-0.2, -0.15) is 0 Å². The average Bonchev–Trinajstić information content (AvgIpc) is 2.46. The van der Waals surface area contributed by atoms with Crippen molar-refractivity contribution in [2.24, 2.45) is 10.2 Å². The van der Waals surface area contributed by atoms with Crippen LogP contribution in [0.3, 0.4) is 0 Å². The molecule has 2 rings (SSSR count). The van der Waals surface area contributed by atoms with E-state index in [4.69, 9.17) is 0 Å². The van der Waals surface area contributed by atoms with Crippen molar-refractivity contribution in [2.45, 2.75) is 13.8 Å². The quantitative estimate of drug-likeness (QED) is 0.777. The molecule has 0 aliphatic rings. The Morgan fingerprint density at radius 3 is 1.25 bits per heavy atom. The van der Waals surface area contributed by atoms with E-state index in [0.29, 0.717) is 11.1 Å². The van der Waals surface area contributed by atoms with E-state index in [-0.39, 0.29) is 0 Å². The molecule has 0 aliphatic heterocycles. The molecule has 0 saturated carbocycles. The van der Waals surface area contributed by atoms with Crippen molar-refractivity contribution in [3.8, 4) is 0 Å². The molecule has 0 saturated heterocycles. The molecule has 0 radical (unpaired) electrons. The third-order valence-electron chi connectivity index (χ3n) is 2.83. The van der Waals surface area contributed by atoms with Gasteiger partial charge in [-0.25, -0.2) is 0 Å². The number of azo groups is 1. The van der Waals surface area contributed by atoms with E-state index in [0.717, 1.165) is 11.1 Å². The summed E-state index contributed by atoms with van der Waals surface area (Å²) in [6.45, 7) is 3.85. The SMILES string of the molecule is Cc1ccc(C(=O)N=NC(=O)c2ccc(C)cc2)cc1. The van der Waals surface area contributed by atoms with Crippen LogP contribution in [0.5, 0.6) is 0 Å². The smallest absolute Gasteiger partial charge is 0.265 e. The molecule has 0 fully saturated rings. The van der Waals surface area contributed by atoms with Crippen LogP contribution < -0.4 is 0 Å². The maximum atomic E-state index is 11.7. The maximum Gasteiger partial charge on any atom is 0.295 e. The fraction of sp³-hybridized carbons (Fsp3) is 0.125. The van der Waals surface area contributed by atoms with E-state index in [1.165, 1.54) is 0 Å². The molecule has 2 aromatic rings. The first-order valence-electron chi connectivity index (χ1n) is 6.20. The second-order valence-corrected chi connectivity index (χ2v) is 4.54. The van der Waals surface area contributed by atoms with Crippen LogP contribution in [0, 0.1) is 13.8 Å². The summed E-state index contributed by atoms with van der Waals surface area (Å²) in [5.74, 6) is -1.05. The van der Waals surface area contributed by atoms with Gasteiger partial charge in [0.05, 0.1) is 0 Å². The second kappa shape index (κ2) is 6.02. The molecule has 100 valence electrons. The number of carbonyl (C=O) groups is 2. The third kappa shape index (κ3) is 3.45. The molecular formula is C16H14N2O2. The van der Waals surface area contributed by atoms with Crippen LogP contribution in [0.2, 0.25) is 0 Å². The predicted octanol–water partition coefficient (Wildman–Crippen LogP) is 3.74. The van der Waals surface area contributed by atoms with E-state index >= 15 is 0 Å². The lowest BCUT2D eigenvalue weighted by atomic mass is 10.1. The molecule has 4 heteroatoms. The highest BCUT2D eigenvalue weighted by molar-refractivity contribution is 5.98. The van der Waals surface area contributed by atoms with E-state index < -0.39 is 11.8 Å². The van der Waals surface area contributed by atoms with Crippen LogP contribution in [-0.4, -0.2) is 11.8 Å². The molecule has 0 bridgehead atoms. The standard InChI is InChI=1S/C16H14N2O2/c1-11-3-7-13(8-4-11)15(19)17-18-16(20)14-9-5-12(2)6-10-14/h3-10H,1-2H3. The molecule has 0 aliphatic carbocycles. The molecule has 4 nitrogen and oxygen atoms in total. The lowest BCUT2D eigenvalue weighted by molar-refractivity contribution is 0.0947. The van der Waals surface area contributed by atoms with Gasteiger partial charge in [0.15, 0.2) is 0 Å². The first-order chi connectivity index (χ1) is 9.56. The molecular weight excluding hydrogens is 252 g/mol. The first kappa shape index (κ1) is 13.8. The number of amides is 2. The van der Waals surface area contributed by atoms with Gasteiger partial charge in [0.1, 0.15) is 0 Å². The number of nitrogens with zero attached hydrogens (tertiary/aromatic N) is 2. The van der Waals surface area contributed by atoms with Crippen LogP contribution in [0.15, 0.2) is 58.8 Å². The zero-order valence-corrected chi connectivity index (χ0v) is 11.3. The van der Waals surface area contributed by atoms with Gasteiger partial charge in [-0.15, -0.1) is 10.2 Å². The van der Waals surface area contributed by atoms with Crippen LogP contribution in [0.4, 0.5) is 0 Å². The largest absolute Gasteiger partial charge is 0.295 e. The molecule has 2 amide bonds.